The summed E-state index contributed by atoms with van der Waals surface area (Å²) in [7, 11) is 0. The summed E-state index contributed by atoms with van der Waals surface area (Å²) in [6.07, 6.45) is 1.92. The molecule has 0 bridgehead atoms. The molecule has 1 aromatic carbocycles. The average molecular weight is 312 g/mol. The Labute approximate surface area is 116 Å². The Morgan fingerprint density at radius 2 is 2.17 bits per heavy atom. The number of amidine groups is 1. The molecule has 3 N–H and O–H groups in total. The molecule has 4 nitrogen and oxygen atoms in total. The summed E-state index contributed by atoms with van der Waals surface area (Å²) >= 11 is 3.49. The van der Waals surface area contributed by atoms with E-state index in [1.54, 1.807) is 0 Å². The Bertz CT molecular complexity index is 428. The lowest BCUT2D eigenvalue weighted by molar-refractivity contribution is 0.198. The molecule has 18 heavy (non-hydrogen) atoms. The van der Waals surface area contributed by atoms with Gasteiger partial charge in [-0.05, 0) is 43.6 Å². The number of nitrogens with zero attached hydrogens (tertiary/aromatic N) is 2. The molecule has 0 atom stereocenters. The van der Waals surface area contributed by atoms with E-state index in [0.29, 0.717) is 5.84 Å². The number of hydrogen-bond acceptors (Lipinski definition) is 3. The Morgan fingerprint density at radius 3 is 2.78 bits per heavy atom. The van der Waals surface area contributed by atoms with Crippen molar-refractivity contribution >= 4 is 21.8 Å². The average Bonchev–Trinajstić information content (AvgIpc) is 2.39. The summed E-state index contributed by atoms with van der Waals surface area (Å²) in [4.78, 5) is 2.41. The Hall–Kier alpha value is -1.07. The molecule has 1 aliphatic heterocycles. The molecular formula is C13H18BrN3O. The van der Waals surface area contributed by atoms with Crippen LogP contribution in [0.3, 0.4) is 0 Å². The summed E-state index contributed by atoms with van der Waals surface area (Å²) in [6.45, 7) is 2.95. The molecule has 5 heteroatoms. The monoisotopic (exact) mass is 311 g/mol. The molecule has 0 saturated carbocycles. The summed E-state index contributed by atoms with van der Waals surface area (Å²) in [5.74, 6) is 0.603. The number of piperidine rings is 1. The first kappa shape index (κ1) is 13.4. The van der Waals surface area contributed by atoms with Gasteiger partial charge >= 0.3 is 0 Å². The number of nitrogens with two attached hydrogens (primary N) is 1. The van der Waals surface area contributed by atoms with Crippen molar-refractivity contribution in [2.45, 2.75) is 19.4 Å². The Kier molecular flexibility index (Phi) is 4.60. The highest BCUT2D eigenvalue weighted by Crippen LogP contribution is 2.20. The van der Waals surface area contributed by atoms with Crippen molar-refractivity contribution in [2.24, 2.45) is 16.8 Å². The van der Waals surface area contributed by atoms with Gasteiger partial charge in [0.15, 0.2) is 0 Å². The third-order valence-electron chi connectivity index (χ3n) is 3.42. The van der Waals surface area contributed by atoms with Crippen LogP contribution in [0.5, 0.6) is 0 Å². The van der Waals surface area contributed by atoms with Gasteiger partial charge in [0.2, 0.25) is 0 Å². The largest absolute Gasteiger partial charge is 0.409 e. The first-order valence-corrected chi connectivity index (χ1v) is 6.92. The molecule has 0 amide bonds. The zero-order chi connectivity index (χ0) is 13.0. The van der Waals surface area contributed by atoms with Gasteiger partial charge in [-0.25, -0.2) is 0 Å². The maximum Gasteiger partial charge on any atom is 0.142 e. The lowest BCUT2D eigenvalue weighted by Gasteiger charge is -2.31. The van der Waals surface area contributed by atoms with Crippen molar-refractivity contribution < 1.29 is 5.21 Å². The fourth-order valence-corrected chi connectivity index (χ4v) is 2.81. The van der Waals surface area contributed by atoms with Crippen LogP contribution in [0.1, 0.15) is 18.4 Å². The van der Waals surface area contributed by atoms with E-state index in [4.69, 9.17) is 10.9 Å². The minimum atomic E-state index is 0.230. The van der Waals surface area contributed by atoms with Crippen molar-refractivity contribution in [3.8, 4) is 0 Å². The summed E-state index contributed by atoms with van der Waals surface area (Å²) < 4.78 is 1.12. The second-order valence-corrected chi connectivity index (χ2v) is 5.62. The van der Waals surface area contributed by atoms with E-state index in [0.717, 1.165) is 36.9 Å². The van der Waals surface area contributed by atoms with Crippen molar-refractivity contribution in [2.75, 3.05) is 13.1 Å². The van der Waals surface area contributed by atoms with Crippen molar-refractivity contribution in [1.29, 1.82) is 0 Å². The van der Waals surface area contributed by atoms with Crippen LogP contribution in [0.25, 0.3) is 0 Å². The molecule has 0 unspecified atom stereocenters. The number of likely N-dealkylation sites (tertiary alicyclic amines) is 1. The minimum absolute atomic E-state index is 0.230. The van der Waals surface area contributed by atoms with Crippen LogP contribution in [0.2, 0.25) is 0 Å². The van der Waals surface area contributed by atoms with Gasteiger partial charge in [0.25, 0.3) is 0 Å². The number of hydrogen-bond donors (Lipinski definition) is 2. The summed E-state index contributed by atoms with van der Waals surface area (Å²) in [5, 5.41) is 11.8. The molecule has 1 heterocycles. The van der Waals surface area contributed by atoms with Gasteiger partial charge in [-0.2, -0.15) is 0 Å². The van der Waals surface area contributed by atoms with E-state index in [9.17, 15) is 0 Å². The number of rotatable bonds is 3. The maximum atomic E-state index is 8.66. The highest BCUT2D eigenvalue weighted by atomic mass is 79.9. The molecular weight excluding hydrogens is 294 g/mol. The third-order valence-corrected chi connectivity index (χ3v) is 3.91. The fraction of sp³-hybridized carbons (Fsp3) is 0.462. The first-order valence-electron chi connectivity index (χ1n) is 6.13. The van der Waals surface area contributed by atoms with Gasteiger partial charge in [-0.1, -0.05) is 33.2 Å². The topological polar surface area (TPSA) is 61.9 Å². The second kappa shape index (κ2) is 6.20. The quantitative estimate of drug-likeness (QED) is 0.390. The van der Waals surface area contributed by atoms with Crippen molar-refractivity contribution in [1.82, 2.24) is 4.90 Å². The van der Waals surface area contributed by atoms with Crippen LogP contribution in [0, 0.1) is 5.92 Å². The van der Waals surface area contributed by atoms with Crippen LogP contribution in [-0.4, -0.2) is 29.0 Å². The number of halogens is 1. The molecule has 1 aliphatic rings. The third kappa shape index (κ3) is 3.46. The predicted molar refractivity (Wildman–Crippen MR) is 75.6 cm³/mol. The van der Waals surface area contributed by atoms with E-state index >= 15 is 0 Å². The van der Waals surface area contributed by atoms with Gasteiger partial charge in [0, 0.05) is 16.9 Å². The van der Waals surface area contributed by atoms with Crippen LogP contribution < -0.4 is 5.73 Å². The van der Waals surface area contributed by atoms with E-state index in [-0.39, 0.29) is 5.92 Å². The van der Waals surface area contributed by atoms with Gasteiger partial charge in [0.1, 0.15) is 5.84 Å². The normalized spacial score (nSPS) is 19.1. The van der Waals surface area contributed by atoms with Crippen molar-refractivity contribution in [3.05, 3.63) is 34.3 Å². The minimum Gasteiger partial charge on any atom is -0.409 e. The molecule has 1 saturated heterocycles. The molecule has 1 aromatic rings. The molecule has 0 aliphatic carbocycles. The molecule has 0 aromatic heterocycles. The Balaban J connectivity index is 1.87. The van der Waals surface area contributed by atoms with Gasteiger partial charge < -0.3 is 10.9 Å². The standard InChI is InChI=1S/C13H18BrN3O/c14-12-3-1-2-10(8-12)9-17-6-4-11(5-7-17)13(15)16-18/h1-3,8,11,18H,4-7,9H2,(H2,15,16). The molecule has 0 spiro atoms. The molecule has 98 valence electrons. The second-order valence-electron chi connectivity index (χ2n) is 4.71. The smallest absolute Gasteiger partial charge is 0.142 e. The molecule has 1 fully saturated rings. The summed E-state index contributed by atoms with van der Waals surface area (Å²) in [6, 6.07) is 8.38. The maximum absolute atomic E-state index is 8.66. The van der Waals surface area contributed by atoms with Crippen LogP contribution >= 0.6 is 15.9 Å². The first-order chi connectivity index (χ1) is 8.69. The highest BCUT2D eigenvalue weighted by molar-refractivity contribution is 9.10. The SMILES string of the molecule is NC(=NO)C1CCN(Cc2cccc(Br)c2)CC1. The van der Waals surface area contributed by atoms with E-state index in [1.165, 1.54) is 5.56 Å². The van der Waals surface area contributed by atoms with E-state index < -0.39 is 0 Å². The van der Waals surface area contributed by atoms with Gasteiger partial charge in [-0.3, -0.25) is 4.90 Å². The molecule has 0 radical (unpaired) electrons. The van der Waals surface area contributed by atoms with Crippen LogP contribution in [0.15, 0.2) is 33.9 Å². The van der Waals surface area contributed by atoms with Gasteiger partial charge in [-0.15, -0.1) is 0 Å². The fourth-order valence-electron chi connectivity index (χ4n) is 2.36. The van der Waals surface area contributed by atoms with Gasteiger partial charge in [0.05, 0.1) is 0 Å². The lowest BCUT2D eigenvalue weighted by atomic mass is 9.95. The van der Waals surface area contributed by atoms with Crippen LogP contribution in [0.4, 0.5) is 0 Å². The predicted octanol–water partition coefficient (Wildman–Crippen LogP) is 2.41. The number of oxime groups is 1. The zero-order valence-corrected chi connectivity index (χ0v) is 11.8. The van der Waals surface area contributed by atoms with E-state index in [2.05, 4.69) is 44.2 Å². The highest BCUT2D eigenvalue weighted by Gasteiger charge is 2.22. The van der Waals surface area contributed by atoms with Crippen molar-refractivity contribution in [3.63, 3.8) is 0 Å². The van der Waals surface area contributed by atoms with Crippen LogP contribution in [-0.2, 0) is 6.54 Å². The Morgan fingerprint density at radius 1 is 1.44 bits per heavy atom. The molecule has 2 rings (SSSR count). The lowest BCUT2D eigenvalue weighted by Crippen LogP contribution is -2.38. The van der Waals surface area contributed by atoms with E-state index in [1.807, 2.05) is 6.07 Å². The number of benzene rings is 1. The zero-order valence-electron chi connectivity index (χ0n) is 10.2. The summed E-state index contributed by atoms with van der Waals surface area (Å²) in [5.41, 5.74) is 6.95.